The maximum atomic E-state index is 10.8. The second-order valence-electron chi connectivity index (χ2n) is 3.37. The molecule has 94 valence electrons. The van der Waals surface area contributed by atoms with Gasteiger partial charge in [0, 0.05) is 18.0 Å². The van der Waals surface area contributed by atoms with E-state index in [0.717, 1.165) is 0 Å². The van der Waals surface area contributed by atoms with Crippen molar-refractivity contribution in [2.24, 2.45) is 0 Å². The first-order chi connectivity index (χ1) is 8.56. The zero-order valence-corrected chi connectivity index (χ0v) is 10.0. The number of nitrogens with zero attached hydrogens (tertiary/aromatic N) is 3. The SMILES string of the molecule is Cc1nnc(COc2ccc(Cl)cc2[N+](=O)[O-])o1. The molecule has 0 saturated carbocycles. The molecule has 0 aliphatic carbocycles. The van der Waals surface area contributed by atoms with Gasteiger partial charge in [0.25, 0.3) is 5.89 Å². The molecule has 0 N–H and O–H groups in total. The molecule has 0 atom stereocenters. The van der Waals surface area contributed by atoms with Crippen molar-refractivity contribution in [1.82, 2.24) is 10.2 Å². The first-order valence-corrected chi connectivity index (χ1v) is 5.30. The fraction of sp³-hybridized carbons (Fsp3) is 0.200. The molecule has 0 spiro atoms. The van der Waals surface area contributed by atoms with Crippen molar-refractivity contribution in [2.75, 3.05) is 0 Å². The number of rotatable bonds is 4. The Balaban J connectivity index is 2.16. The number of aromatic nitrogens is 2. The van der Waals surface area contributed by atoms with E-state index < -0.39 is 4.92 Å². The van der Waals surface area contributed by atoms with E-state index >= 15 is 0 Å². The zero-order valence-electron chi connectivity index (χ0n) is 9.29. The van der Waals surface area contributed by atoms with Gasteiger partial charge in [-0.3, -0.25) is 10.1 Å². The molecule has 8 heteroatoms. The molecule has 1 aromatic heterocycles. The highest BCUT2D eigenvalue weighted by Crippen LogP contribution is 2.30. The van der Waals surface area contributed by atoms with Gasteiger partial charge in [0.05, 0.1) is 4.92 Å². The largest absolute Gasteiger partial charge is 0.477 e. The van der Waals surface area contributed by atoms with E-state index in [2.05, 4.69) is 10.2 Å². The van der Waals surface area contributed by atoms with E-state index in [0.29, 0.717) is 5.89 Å². The second kappa shape index (κ2) is 5.01. The molecule has 0 unspecified atom stereocenters. The average Bonchev–Trinajstić information content (AvgIpc) is 2.73. The maximum absolute atomic E-state index is 10.8. The molecule has 0 fully saturated rings. The van der Waals surface area contributed by atoms with Crippen LogP contribution in [0.1, 0.15) is 11.8 Å². The zero-order chi connectivity index (χ0) is 13.1. The fourth-order valence-electron chi connectivity index (χ4n) is 1.29. The van der Waals surface area contributed by atoms with Crippen molar-refractivity contribution in [1.29, 1.82) is 0 Å². The number of benzene rings is 1. The van der Waals surface area contributed by atoms with E-state index in [9.17, 15) is 10.1 Å². The van der Waals surface area contributed by atoms with Gasteiger partial charge in [-0.1, -0.05) is 11.6 Å². The van der Waals surface area contributed by atoms with E-state index in [1.165, 1.54) is 18.2 Å². The molecular weight excluding hydrogens is 262 g/mol. The molecule has 0 radical (unpaired) electrons. The Morgan fingerprint density at radius 3 is 2.89 bits per heavy atom. The molecule has 0 amide bonds. The summed E-state index contributed by atoms with van der Waals surface area (Å²) in [5.41, 5.74) is -0.210. The molecular formula is C10H8ClN3O4. The van der Waals surface area contributed by atoms with Gasteiger partial charge in [0.15, 0.2) is 12.4 Å². The van der Waals surface area contributed by atoms with Gasteiger partial charge >= 0.3 is 5.69 Å². The van der Waals surface area contributed by atoms with Gasteiger partial charge in [-0.15, -0.1) is 10.2 Å². The molecule has 18 heavy (non-hydrogen) atoms. The number of ether oxygens (including phenoxy) is 1. The molecule has 1 heterocycles. The minimum atomic E-state index is -0.569. The summed E-state index contributed by atoms with van der Waals surface area (Å²) >= 11 is 5.68. The van der Waals surface area contributed by atoms with Gasteiger partial charge in [-0.25, -0.2) is 0 Å². The highest BCUT2D eigenvalue weighted by molar-refractivity contribution is 6.30. The number of hydrogen-bond donors (Lipinski definition) is 0. The van der Waals surface area contributed by atoms with E-state index in [1.807, 2.05) is 0 Å². The average molecular weight is 270 g/mol. The Kier molecular flexibility index (Phi) is 3.42. The van der Waals surface area contributed by atoms with Crippen molar-refractivity contribution < 1.29 is 14.1 Å². The number of nitro benzene ring substituents is 1. The van der Waals surface area contributed by atoms with Crippen LogP contribution in [0.2, 0.25) is 5.02 Å². The topological polar surface area (TPSA) is 91.3 Å². The number of aryl methyl sites for hydroxylation is 1. The maximum Gasteiger partial charge on any atom is 0.312 e. The Labute approximate surface area is 106 Å². The van der Waals surface area contributed by atoms with E-state index in [-0.39, 0.29) is 29.0 Å². The molecule has 0 aliphatic heterocycles. The van der Waals surface area contributed by atoms with E-state index in [4.69, 9.17) is 20.8 Å². The molecule has 7 nitrogen and oxygen atoms in total. The predicted octanol–water partition coefficient (Wildman–Crippen LogP) is 2.52. The quantitative estimate of drug-likeness (QED) is 0.625. The third kappa shape index (κ3) is 2.75. The van der Waals surface area contributed by atoms with Crippen molar-refractivity contribution in [3.8, 4) is 5.75 Å². The van der Waals surface area contributed by atoms with Crippen LogP contribution in [-0.2, 0) is 6.61 Å². The van der Waals surface area contributed by atoms with Crippen LogP contribution >= 0.6 is 11.6 Å². The summed E-state index contributed by atoms with van der Waals surface area (Å²) in [4.78, 5) is 10.2. The summed E-state index contributed by atoms with van der Waals surface area (Å²) in [7, 11) is 0. The first kappa shape index (κ1) is 12.3. The normalized spacial score (nSPS) is 10.3. The highest BCUT2D eigenvalue weighted by atomic mass is 35.5. The third-order valence-corrected chi connectivity index (χ3v) is 2.27. The van der Waals surface area contributed by atoms with E-state index in [1.54, 1.807) is 6.92 Å². The summed E-state index contributed by atoms with van der Waals surface area (Å²) in [6.45, 7) is 1.60. The van der Waals surface area contributed by atoms with Crippen LogP contribution in [0.4, 0.5) is 5.69 Å². The summed E-state index contributed by atoms with van der Waals surface area (Å²) < 4.78 is 10.3. The molecule has 1 aromatic carbocycles. The van der Waals surface area contributed by atoms with Gasteiger partial charge in [-0.2, -0.15) is 0 Å². The number of nitro groups is 1. The highest BCUT2D eigenvalue weighted by Gasteiger charge is 2.16. The lowest BCUT2D eigenvalue weighted by molar-refractivity contribution is -0.385. The summed E-state index contributed by atoms with van der Waals surface area (Å²) in [6.07, 6.45) is 0. The number of halogens is 1. The summed E-state index contributed by atoms with van der Waals surface area (Å²) in [6, 6.07) is 4.14. The molecule has 2 aromatic rings. The lowest BCUT2D eigenvalue weighted by Gasteiger charge is -2.04. The lowest BCUT2D eigenvalue weighted by atomic mass is 10.3. The second-order valence-corrected chi connectivity index (χ2v) is 3.81. The van der Waals surface area contributed by atoms with Crippen LogP contribution in [0.5, 0.6) is 5.75 Å². The molecule has 2 rings (SSSR count). The van der Waals surface area contributed by atoms with Crippen molar-refractivity contribution in [3.63, 3.8) is 0 Å². The van der Waals surface area contributed by atoms with Crippen LogP contribution in [0.25, 0.3) is 0 Å². The van der Waals surface area contributed by atoms with Crippen molar-refractivity contribution in [3.05, 3.63) is 45.1 Å². The fourth-order valence-corrected chi connectivity index (χ4v) is 1.46. The Morgan fingerprint density at radius 1 is 1.50 bits per heavy atom. The van der Waals surface area contributed by atoms with Gasteiger partial charge < -0.3 is 9.15 Å². The predicted molar refractivity (Wildman–Crippen MR) is 61.5 cm³/mol. The smallest absolute Gasteiger partial charge is 0.312 e. The monoisotopic (exact) mass is 269 g/mol. The van der Waals surface area contributed by atoms with Gasteiger partial charge in [-0.05, 0) is 12.1 Å². The van der Waals surface area contributed by atoms with Crippen LogP contribution in [0.3, 0.4) is 0 Å². The van der Waals surface area contributed by atoms with Crippen LogP contribution in [0.15, 0.2) is 22.6 Å². The van der Waals surface area contributed by atoms with Crippen molar-refractivity contribution in [2.45, 2.75) is 13.5 Å². The lowest BCUT2D eigenvalue weighted by Crippen LogP contribution is -1.99. The van der Waals surface area contributed by atoms with Crippen LogP contribution in [-0.4, -0.2) is 15.1 Å². The summed E-state index contributed by atoms with van der Waals surface area (Å²) in [5, 5.41) is 18.4. The van der Waals surface area contributed by atoms with Crippen LogP contribution < -0.4 is 4.74 Å². The minimum absolute atomic E-state index is 0.0384. The first-order valence-electron chi connectivity index (χ1n) is 4.92. The molecule has 0 aliphatic rings. The molecule has 0 bridgehead atoms. The Bertz CT molecular complexity index is 584. The summed E-state index contributed by atoms with van der Waals surface area (Å²) in [5.74, 6) is 0.746. The van der Waals surface area contributed by atoms with Crippen molar-refractivity contribution >= 4 is 17.3 Å². The minimum Gasteiger partial charge on any atom is -0.477 e. The third-order valence-electron chi connectivity index (χ3n) is 2.04. The number of hydrogen-bond acceptors (Lipinski definition) is 6. The Morgan fingerprint density at radius 2 is 2.28 bits per heavy atom. The van der Waals surface area contributed by atoms with Crippen LogP contribution in [0, 0.1) is 17.0 Å². The molecule has 0 saturated heterocycles. The van der Waals surface area contributed by atoms with Gasteiger partial charge in [0.1, 0.15) is 0 Å². The standard InChI is InChI=1S/C10H8ClN3O4/c1-6-12-13-10(18-6)5-17-9-3-2-7(11)4-8(9)14(15)16/h2-4H,5H2,1H3. The Hall–Kier alpha value is -2.15. The van der Waals surface area contributed by atoms with Gasteiger partial charge in [0.2, 0.25) is 5.89 Å².